The third-order valence-electron chi connectivity index (χ3n) is 7.06. The number of benzene rings is 2. The summed E-state index contributed by atoms with van der Waals surface area (Å²) in [7, 11) is 0. The van der Waals surface area contributed by atoms with Crippen molar-refractivity contribution >= 4 is 17.5 Å². The Hall–Kier alpha value is -3.76. The fourth-order valence-corrected chi connectivity index (χ4v) is 5.10. The lowest BCUT2D eigenvalue weighted by Crippen LogP contribution is -2.37. The van der Waals surface area contributed by atoms with Crippen LogP contribution in [0.5, 0.6) is 0 Å². The van der Waals surface area contributed by atoms with Crippen LogP contribution in [0.1, 0.15) is 42.0 Å². The van der Waals surface area contributed by atoms with E-state index in [0.29, 0.717) is 24.1 Å². The van der Waals surface area contributed by atoms with Gasteiger partial charge in [-0.3, -0.25) is 14.5 Å². The van der Waals surface area contributed by atoms with Gasteiger partial charge in [0, 0.05) is 23.2 Å². The molecule has 0 radical (unpaired) electrons. The molecule has 0 bridgehead atoms. The SMILES string of the molecule is CC1=C(C)C(O/C=C2/C(=O)NC3Cc4ccccc4C23)N(c2cc(C(F)(F)F)cc(C(F)(F)F)c2)C1=O. The van der Waals surface area contributed by atoms with E-state index in [-0.39, 0.29) is 29.2 Å². The van der Waals surface area contributed by atoms with Gasteiger partial charge in [0.25, 0.3) is 11.8 Å². The molecule has 2 aliphatic heterocycles. The van der Waals surface area contributed by atoms with Gasteiger partial charge in [-0.05, 0) is 55.2 Å². The molecule has 194 valence electrons. The number of alkyl halides is 6. The highest BCUT2D eigenvalue weighted by molar-refractivity contribution is 6.09. The molecule has 2 aromatic carbocycles. The fourth-order valence-electron chi connectivity index (χ4n) is 5.10. The fraction of sp³-hybridized carbons (Fsp3) is 0.308. The molecule has 1 N–H and O–H groups in total. The summed E-state index contributed by atoms with van der Waals surface area (Å²) in [6.07, 6.45) is -9.73. The van der Waals surface area contributed by atoms with E-state index in [0.717, 1.165) is 22.3 Å². The van der Waals surface area contributed by atoms with Gasteiger partial charge in [0.15, 0.2) is 0 Å². The Kier molecular flexibility index (Phi) is 5.65. The topological polar surface area (TPSA) is 58.6 Å². The Morgan fingerprint density at radius 1 is 0.973 bits per heavy atom. The van der Waals surface area contributed by atoms with Crippen LogP contribution in [0, 0.1) is 0 Å². The van der Waals surface area contributed by atoms with E-state index in [1.54, 1.807) is 0 Å². The molecule has 3 unspecified atom stereocenters. The van der Waals surface area contributed by atoms with Crippen LogP contribution in [-0.4, -0.2) is 24.1 Å². The molecule has 3 atom stereocenters. The zero-order chi connectivity index (χ0) is 26.9. The van der Waals surface area contributed by atoms with Crippen LogP contribution in [0.4, 0.5) is 32.0 Å². The number of carbonyl (C=O) groups is 2. The van der Waals surface area contributed by atoms with Crippen LogP contribution in [0.2, 0.25) is 0 Å². The molecule has 5 nitrogen and oxygen atoms in total. The number of carbonyl (C=O) groups excluding carboxylic acids is 2. The van der Waals surface area contributed by atoms with Crippen molar-refractivity contribution in [2.75, 3.05) is 4.90 Å². The second-order valence-corrected chi connectivity index (χ2v) is 9.27. The first-order valence-electron chi connectivity index (χ1n) is 11.3. The smallest absolute Gasteiger partial charge is 0.416 e. The lowest BCUT2D eigenvalue weighted by atomic mass is 9.94. The Bertz CT molecular complexity index is 1340. The van der Waals surface area contributed by atoms with E-state index in [1.807, 2.05) is 24.3 Å². The van der Waals surface area contributed by atoms with E-state index < -0.39 is 47.2 Å². The molecule has 1 fully saturated rings. The molecule has 1 aliphatic carbocycles. The van der Waals surface area contributed by atoms with Crippen molar-refractivity contribution < 1.29 is 40.7 Å². The molecular weight excluding hydrogens is 502 g/mol. The molecule has 0 saturated carbocycles. The Morgan fingerprint density at radius 3 is 2.22 bits per heavy atom. The Balaban J connectivity index is 1.54. The summed E-state index contributed by atoms with van der Waals surface area (Å²) in [6, 6.07) is 8.30. The van der Waals surface area contributed by atoms with Crippen LogP contribution < -0.4 is 10.2 Å². The maximum atomic E-state index is 13.4. The van der Waals surface area contributed by atoms with Gasteiger partial charge in [0.2, 0.25) is 6.23 Å². The van der Waals surface area contributed by atoms with E-state index in [1.165, 1.54) is 13.8 Å². The van der Waals surface area contributed by atoms with E-state index in [4.69, 9.17) is 4.74 Å². The number of nitrogens with zero attached hydrogens (tertiary/aromatic N) is 1. The monoisotopic (exact) mass is 522 g/mol. The quantitative estimate of drug-likeness (QED) is 0.331. The predicted molar refractivity (Wildman–Crippen MR) is 120 cm³/mol. The molecule has 37 heavy (non-hydrogen) atoms. The third kappa shape index (κ3) is 4.15. The second-order valence-electron chi connectivity index (χ2n) is 9.27. The molecule has 0 spiro atoms. The summed E-state index contributed by atoms with van der Waals surface area (Å²) in [5.74, 6) is -1.52. The summed E-state index contributed by atoms with van der Waals surface area (Å²) in [5.41, 5.74) is -1.06. The summed E-state index contributed by atoms with van der Waals surface area (Å²) < 4.78 is 86.5. The summed E-state index contributed by atoms with van der Waals surface area (Å²) in [6.45, 7) is 2.90. The molecule has 1 saturated heterocycles. The van der Waals surface area contributed by atoms with Gasteiger partial charge in [0.1, 0.15) is 0 Å². The second kappa shape index (κ2) is 8.39. The number of halogens is 6. The molecule has 11 heteroatoms. The zero-order valence-electron chi connectivity index (χ0n) is 19.5. The Morgan fingerprint density at radius 2 is 1.59 bits per heavy atom. The van der Waals surface area contributed by atoms with Gasteiger partial charge in [0.05, 0.1) is 23.0 Å². The number of rotatable bonds is 3. The molecule has 3 aliphatic rings. The highest BCUT2D eigenvalue weighted by Crippen LogP contribution is 2.44. The number of amides is 2. The van der Waals surface area contributed by atoms with Gasteiger partial charge in [-0.1, -0.05) is 24.3 Å². The molecule has 2 aromatic rings. The lowest BCUT2D eigenvalue weighted by Gasteiger charge is -2.27. The maximum Gasteiger partial charge on any atom is 0.416 e. The average molecular weight is 522 g/mol. The third-order valence-corrected chi connectivity index (χ3v) is 7.06. The van der Waals surface area contributed by atoms with Crippen molar-refractivity contribution in [2.24, 2.45) is 0 Å². The van der Waals surface area contributed by atoms with E-state index in [2.05, 4.69) is 5.32 Å². The van der Waals surface area contributed by atoms with Crippen molar-refractivity contribution in [3.05, 3.63) is 87.7 Å². The van der Waals surface area contributed by atoms with Crippen LogP contribution in [0.15, 0.2) is 65.4 Å². The van der Waals surface area contributed by atoms with E-state index >= 15 is 0 Å². The van der Waals surface area contributed by atoms with Crippen LogP contribution >= 0.6 is 0 Å². The molecule has 5 rings (SSSR count). The number of ether oxygens (including phenoxy) is 1. The summed E-state index contributed by atoms with van der Waals surface area (Å²) >= 11 is 0. The number of anilines is 1. The average Bonchev–Trinajstić information content (AvgIpc) is 3.40. The van der Waals surface area contributed by atoms with Gasteiger partial charge in [-0.2, -0.15) is 26.3 Å². The van der Waals surface area contributed by atoms with Crippen molar-refractivity contribution in [3.63, 3.8) is 0 Å². The number of hydrogen-bond acceptors (Lipinski definition) is 3. The van der Waals surface area contributed by atoms with Crippen molar-refractivity contribution in [1.82, 2.24) is 5.32 Å². The zero-order valence-corrected chi connectivity index (χ0v) is 19.5. The van der Waals surface area contributed by atoms with Crippen LogP contribution in [0.3, 0.4) is 0 Å². The number of hydrogen-bond donors (Lipinski definition) is 1. The number of fused-ring (bicyclic) bond motifs is 3. The van der Waals surface area contributed by atoms with Crippen LogP contribution in [-0.2, 0) is 33.1 Å². The molecule has 2 amide bonds. The maximum absolute atomic E-state index is 13.4. The standard InChI is InChI=1S/C26H20F6N2O3/c1-12-13(2)24(37-11-19-21-18-6-4-3-5-14(18)7-20(21)33-22(19)35)34(23(12)36)17-9-15(25(27,28)29)8-16(10-17)26(30,31)32/h3-6,8-11,20-21,24H,7H2,1-2H3,(H,33,35)/b19-11+. The first kappa shape index (κ1) is 24.9. The van der Waals surface area contributed by atoms with Crippen molar-refractivity contribution in [3.8, 4) is 0 Å². The number of nitrogens with one attached hydrogen (secondary N) is 1. The predicted octanol–water partition coefficient (Wildman–Crippen LogP) is 5.47. The van der Waals surface area contributed by atoms with Gasteiger partial charge in [-0.15, -0.1) is 0 Å². The minimum atomic E-state index is -5.08. The van der Waals surface area contributed by atoms with Gasteiger partial charge in [-0.25, -0.2) is 0 Å². The largest absolute Gasteiger partial charge is 0.473 e. The highest BCUT2D eigenvalue weighted by Gasteiger charge is 2.45. The van der Waals surface area contributed by atoms with E-state index in [9.17, 15) is 35.9 Å². The summed E-state index contributed by atoms with van der Waals surface area (Å²) in [5, 5.41) is 2.88. The molecule has 0 aromatic heterocycles. The van der Waals surface area contributed by atoms with Crippen LogP contribution in [0.25, 0.3) is 0 Å². The first-order valence-corrected chi connectivity index (χ1v) is 11.3. The van der Waals surface area contributed by atoms with Crippen molar-refractivity contribution in [1.29, 1.82) is 0 Å². The first-order chi connectivity index (χ1) is 17.3. The molecular formula is C26H20F6N2O3. The lowest BCUT2D eigenvalue weighted by molar-refractivity contribution is -0.143. The minimum absolute atomic E-state index is 0.00439. The minimum Gasteiger partial charge on any atom is -0.473 e. The normalized spacial score (nSPS) is 24.6. The van der Waals surface area contributed by atoms with Gasteiger partial charge >= 0.3 is 12.4 Å². The van der Waals surface area contributed by atoms with Crippen molar-refractivity contribution in [2.45, 2.75) is 50.8 Å². The highest BCUT2D eigenvalue weighted by atomic mass is 19.4. The van der Waals surface area contributed by atoms with Gasteiger partial charge < -0.3 is 10.1 Å². The Labute approximate surface area is 207 Å². The summed E-state index contributed by atoms with van der Waals surface area (Å²) in [4.78, 5) is 26.4. The molecule has 2 heterocycles.